The zero-order valence-corrected chi connectivity index (χ0v) is 12.0. The van der Waals surface area contributed by atoms with E-state index < -0.39 is 23.3 Å². The molecule has 0 spiro atoms. The van der Waals surface area contributed by atoms with E-state index in [2.05, 4.69) is 15.9 Å². The molecule has 6 heteroatoms. The van der Waals surface area contributed by atoms with Crippen molar-refractivity contribution in [2.75, 3.05) is 0 Å². The molecule has 0 saturated heterocycles. The van der Waals surface area contributed by atoms with Crippen LogP contribution >= 0.6 is 15.9 Å². The van der Waals surface area contributed by atoms with Crippen molar-refractivity contribution in [3.8, 4) is 0 Å². The number of rotatable bonds is 3. The van der Waals surface area contributed by atoms with Gasteiger partial charge in [0, 0.05) is 4.47 Å². The minimum atomic E-state index is -1.07. The van der Waals surface area contributed by atoms with Gasteiger partial charge in [0.2, 0.25) is 0 Å². The van der Waals surface area contributed by atoms with E-state index in [0.29, 0.717) is 15.6 Å². The third kappa shape index (κ3) is 2.16. The van der Waals surface area contributed by atoms with E-state index in [1.165, 1.54) is 0 Å². The fourth-order valence-electron chi connectivity index (χ4n) is 2.24. The van der Waals surface area contributed by atoms with E-state index in [4.69, 9.17) is 5.11 Å². The maximum absolute atomic E-state index is 12.3. The van der Waals surface area contributed by atoms with Gasteiger partial charge in [0.15, 0.2) is 0 Å². The molecule has 1 aliphatic rings. The Hall–Kier alpha value is -1.69. The van der Waals surface area contributed by atoms with Crippen LogP contribution < -0.4 is 0 Å². The Labute approximate surface area is 118 Å². The molecule has 0 saturated carbocycles. The van der Waals surface area contributed by atoms with Crippen molar-refractivity contribution >= 4 is 33.7 Å². The van der Waals surface area contributed by atoms with E-state index in [1.807, 2.05) is 0 Å². The fraction of sp³-hybridized carbons (Fsp3) is 0.308. The third-order valence-electron chi connectivity index (χ3n) is 3.05. The normalized spacial score (nSPS) is 14.8. The quantitative estimate of drug-likeness (QED) is 0.865. The number of carboxylic acids is 1. The average molecular weight is 326 g/mol. The molecule has 1 aromatic rings. The highest BCUT2D eigenvalue weighted by atomic mass is 79.9. The van der Waals surface area contributed by atoms with E-state index in [1.54, 1.807) is 32.0 Å². The molecule has 0 radical (unpaired) electrons. The number of hydrogen-bond donors (Lipinski definition) is 1. The molecule has 100 valence electrons. The smallest absolute Gasteiger partial charge is 0.305 e. The predicted octanol–water partition coefficient (Wildman–Crippen LogP) is 2.30. The molecule has 0 atom stereocenters. The molecule has 0 aliphatic carbocycles. The topological polar surface area (TPSA) is 74.7 Å². The van der Waals surface area contributed by atoms with Crippen LogP contribution in [-0.2, 0) is 4.79 Å². The Balaban J connectivity index is 2.49. The largest absolute Gasteiger partial charge is 0.481 e. The molecule has 2 rings (SSSR count). The number of benzene rings is 1. The van der Waals surface area contributed by atoms with Crippen molar-refractivity contribution in [2.45, 2.75) is 25.8 Å². The molecule has 19 heavy (non-hydrogen) atoms. The molecule has 1 N–H and O–H groups in total. The Morgan fingerprint density at radius 3 is 2.47 bits per heavy atom. The van der Waals surface area contributed by atoms with E-state index in [9.17, 15) is 14.4 Å². The summed E-state index contributed by atoms with van der Waals surface area (Å²) in [6.45, 7) is 3.13. The lowest BCUT2D eigenvalue weighted by atomic mass is 9.98. The minimum Gasteiger partial charge on any atom is -0.481 e. The summed E-state index contributed by atoms with van der Waals surface area (Å²) in [5, 5.41) is 8.89. The van der Waals surface area contributed by atoms with Crippen LogP contribution in [0, 0.1) is 0 Å². The van der Waals surface area contributed by atoms with Crippen molar-refractivity contribution in [2.24, 2.45) is 0 Å². The summed E-state index contributed by atoms with van der Waals surface area (Å²) in [6, 6.07) is 4.91. The summed E-state index contributed by atoms with van der Waals surface area (Å²) in [5.74, 6) is -1.97. The van der Waals surface area contributed by atoms with Gasteiger partial charge in [-0.1, -0.05) is 6.07 Å². The maximum atomic E-state index is 12.3. The number of amides is 2. The minimum absolute atomic E-state index is 0.296. The van der Waals surface area contributed by atoms with E-state index in [0.717, 1.165) is 4.90 Å². The molecule has 0 bridgehead atoms. The third-order valence-corrected chi connectivity index (χ3v) is 3.71. The highest BCUT2D eigenvalue weighted by molar-refractivity contribution is 9.10. The monoisotopic (exact) mass is 325 g/mol. The SMILES string of the molecule is CC(C)(CC(=O)O)N1C(=O)c2cccc(Br)c2C1=O. The van der Waals surface area contributed by atoms with Crippen molar-refractivity contribution in [3.63, 3.8) is 0 Å². The van der Waals surface area contributed by atoms with Gasteiger partial charge in [-0.15, -0.1) is 0 Å². The standard InChI is InChI=1S/C13H12BrNO4/c1-13(2,6-9(16)17)15-11(18)7-4-3-5-8(14)10(7)12(15)19/h3-5H,6H2,1-2H3,(H,16,17). The van der Waals surface area contributed by atoms with Crippen LogP contribution in [0.4, 0.5) is 0 Å². The predicted molar refractivity (Wildman–Crippen MR) is 71.0 cm³/mol. The van der Waals surface area contributed by atoms with Crippen LogP contribution in [0.2, 0.25) is 0 Å². The molecule has 0 fully saturated rings. The first-order chi connectivity index (χ1) is 8.75. The lowest BCUT2D eigenvalue weighted by Crippen LogP contribution is -2.48. The Morgan fingerprint density at radius 1 is 1.32 bits per heavy atom. The number of carbonyl (C=O) groups excluding carboxylic acids is 2. The van der Waals surface area contributed by atoms with Gasteiger partial charge in [0.1, 0.15) is 0 Å². The number of imide groups is 1. The second-order valence-electron chi connectivity index (χ2n) is 4.99. The summed E-state index contributed by atoms with van der Waals surface area (Å²) < 4.78 is 0.539. The Morgan fingerprint density at radius 2 is 1.95 bits per heavy atom. The Kier molecular flexibility index (Phi) is 3.22. The second kappa shape index (κ2) is 4.45. The van der Waals surface area contributed by atoms with Crippen LogP contribution in [0.25, 0.3) is 0 Å². The van der Waals surface area contributed by atoms with Crippen molar-refractivity contribution in [1.29, 1.82) is 0 Å². The van der Waals surface area contributed by atoms with Crippen LogP contribution in [0.1, 0.15) is 41.0 Å². The van der Waals surface area contributed by atoms with E-state index in [-0.39, 0.29) is 6.42 Å². The lowest BCUT2D eigenvalue weighted by Gasteiger charge is -2.32. The number of fused-ring (bicyclic) bond motifs is 1. The van der Waals surface area contributed by atoms with E-state index >= 15 is 0 Å². The van der Waals surface area contributed by atoms with Crippen LogP contribution in [0.3, 0.4) is 0 Å². The first-order valence-corrected chi connectivity index (χ1v) is 6.44. The number of aliphatic carboxylic acids is 1. The lowest BCUT2D eigenvalue weighted by molar-refractivity contribution is -0.139. The van der Waals surface area contributed by atoms with Gasteiger partial charge in [-0.05, 0) is 41.9 Å². The average Bonchev–Trinajstić information content (AvgIpc) is 2.51. The highest BCUT2D eigenvalue weighted by Gasteiger charge is 2.45. The van der Waals surface area contributed by atoms with Gasteiger partial charge in [0.25, 0.3) is 11.8 Å². The maximum Gasteiger partial charge on any atom is 0.305 e. The molecule has 0 aromatic heterocycles. The summed E-state index contributed by atoms with van der Waals surface area (Å²) in [6.07, 6.45) is -0.296. The first-order valence-electron chi connectivity index (χ1n) is 5.65. The van der Waals surface area contributed by atoms with Gasteiger partial charge in [-0.2, -0.15) is 0 Å². The molecule has 1 aromatic carbocycles. The zero-order valence-electron chi connectivity index (χ0n) is 10.4. The molecular weight excluding hydrogens is 314 g/mol. The Bertz CT molecular complexity index is 594. The van der Waals surface area contributed by atoms with Crippen LogP contribution in [-0.4, -0.2) is 33.3 Å². The summed E-state index contributed by atoms with van der Waals surface area (Å²) in [5.41, 5.74) is -0.470. The molecule has 5 nitrogen and oxygen atoms in total. The number of carbonyl (C=O) groups is 3. The van der Waals surface area contributed by atoms with Gasteiger partial charge in [0.05, 0.1) is 23.1 Å². The van der Waals surface area contributed by atoms with Gasteiger partial charge < -0.3 is 5.11 Å². The van der Waals surface area contributed by atoms with Crippen LogP contribution in [0.5, 0.6) is 0 Å². The highest BCUT2D eigenvalue weighted by Crippen LogP contribution is 2.34. The summed E-state index contributed by atoms with van der Waals surface area (Å²) in [7, 11) is 0. The van der Waals surface area contributed by atoms with Gasteiger partial charge in [-0.3, -0.25) is 19.3 Å². The number of carboxylic acid groups (broad SMARTS) is 1. The molecule has 1 heterocycles. The zero-order chi connectivity index (χ0) is 14.4. The summed E-state index contributed by atoms with van der Waals surface area (Å²) in [4.78, 5) is 36.5. The van der Waals surface area contributed by atoms with Crippen molar-refractivity contribution in [3.05, 3.63) is 33.8 Å². The number of nitrogens with zero attached hydrogens (tertiary/aromatic N) is 1. The van der Waals surface area contributed by atoms with Crippen molar-refractivity contribution in [1.82, 2.24) is 4.90 Å². The number of halogens is 1. The summed E-state index contributed by atoms with van der Waals surface area (Å²) >= 11 is 3.24. The second-order valence-corrected chi connectivity index (χ2v) is 5.85. The van der Waals surface area contributed by atoms with Crippen LogP contribution in [0.15, 0.2) is 22.7 Å². The van der Waals surface area contributed by atoms with Crippen molar-refractivity contribution < 1.29 is 19.5 Å². The first kappa shape index (κ1) is 13.7. The molecule has 1 aliphatic heterocycles. The van der Waals surface area contributed by atoms with Gasteiger partial charge >= 0.3 is 5.97 Å². The molecular formula is C13H12BrNO4. The molecule has 0 unspecified atom stereocenters. The number of hydrogen-bond acceptors (Lipinski definition) is 3. The fourth-order valence-corrected chi connectivity index (χ4v) is 2.78. The molecule has 2 amide bonds. The van der Waals surface area contributed by atoms with Gasteiger partial charge in [-0.25, -0.2) is 0 Å².